The monoisotopic (exact) mass is 231 g/mol. The standard InChI is InChI=1S/C12H25NOS/c1-3-11(10-15)8-13(2)9-12-6-4-5-7-14-12/h11-12,15H,3-10H2,1-2H3. The van der Waals surface area contributed by atoms with Crippen molar-refractivity contribution >= 4 is 12.6 Å². The summed E-state index contributed by atoms with van der Waals surface area (Å²) < 4.78 is 5.74. The highest BCUT2D eigenvalue weighted by atomic mass is 32.1. The molecule has 0 aromatic rings. The molecule has 0 saturated carbocycles. The third kappa shape index (κ3) is 5.23. The average molecular weight is 231 g/mol. The molecule has 0 spiro atoms. The maximum Gasteiger partial charge on any atom is 0.0701 e. The van der Waals surface area contributed by atoms with Crippen LogP contribution in [0.1, 0.15) is 32.6 Å². The molecule has 1 fully saturated rings. The topological polar surface area (TPSA) is 12.5 Å². The number of likely N-dealkylation sites (N-methyl/N-ethyl adjacent to an activating group) is 1. The smallest absolute Gasteiger partial charge is 0.0701 e. The molecule has 1 rings (SSSR count). The van der Waals surface area contributed by atoms with Gasteiger partial charge in [0.25, 0.3) is 0 Å². The number of thiol groups is 1. The average Bonchev–Trinajstić information content (AvgIpc) is 2.27. The Morgan fingerprint density at radius 3 is 2.80 bits per heavy atom. The van der Waals surface area contributed by atoms with E-state index in [-0.39, 0.29) is 0 Å². The van der Waals surface area contributed by atoms with Gasteiger partial charge in [-0.2, -0.15) is 12.6 Å². The van der Waals surface area contributed by atoms with Crippen molar-refractivity contribution < 1.29 is 4.74 Å². The van der Waals surface area contributed by atoms with Crippen LogP contribution in [-0.2, 0) is 4.74 Å². The van der Waals surface area contributed by atoms with Crippen LogP contribution in [0.4, 0.5) is 0 Å². The molecule has 0 aromatic heterocycles. The van der Waals surface area contributed by atoms with Crippen LogP contribution in [0.2, 0.25) is 0 Å². The van der Waals surface area contributed by atoms with E-state index in [1.807, 2.05) is 0 Å². The van der Waals surface area contributed by atoms with E-state index in [1.165, 1.54) is 25.7 Å². The van der Waals surface area contributed by atoms with Gasteiger partial charge < -0.3 is 9.64 Å². The normalized spacial score (nSPS) is 24.4. The minimum Gasteiger partial charge on any atom is -0.377 e. The molecule has 0 N–H and O–H groups in total. The maximum absolute atomic E-state index is 5.74. The summed E-state index contributed by atoms with van der Waals surface area (Å²) in [6.07, 6.45) is 5.51. The Bertz CT molecular complexity index is 156. The zero-order valence-electron chi connectivity index (χ0n) is 10.1. The Kier molecular flexibility index (Phi) is 6.69. The number of ether oxygens (including phenoxy) is 1. The van der Waals surface area contributed by atoms with Crippen molar-refractivity contribution in [1.29, 1.82) is 0 Å². The lowest BCUT2D eigenvalue weighted by atomic mass is 10.1. The number of hydrogen-bond donors (Lipinski definition) is 1. The Hall–Kier alpha value is 0.270. The number of rotatable bonds is 6. The Morgan fingerprint density at radius 1 is 1.47 bits per heavy atom. The molecule has 1 saturated heterocycles. The van der Waals surface area contributed by atoms with E-state index in [9.17, 15) is 0 Å². The fourth-order valence-corrected chi connectivity index (χ4v) is 2.50. The Labute approximate surface area is 99.8 Å². The van der Waals surface area contributed by atoms with E-state index in [4.69, 9.17) is 4.74 Å². The molecule has 1 aliphatic rings. The highest BCUT2D eigenvalue weighted by Gasteiger charge is 2.17. The van der Waals surface area contributed by atoms with Gasteiger partial charge in [-0.25, -0.2) is 0 Å². The van der Waals surface area contributed by atoms with Gasteiger partial charge in [0.05, 0.1) is 6.10 Å². The summed E-state index contributed by atoms with van der Waals surface area (Å²) in [5.41, 5.74) is 0. The van der Waals surface area contributed by atoms with E-state index in [1.54, 1.807) is 0 Å². The summed E-state index contributed by atoms with van der Waals surface area (Å²) in [4.78, 5) is 2.40. The van der Waals surface area contributed by atoms with Crippen molar-refractivity contribution in [1.82, 2.24) is 4.90 Å². The second-order valence-corrected chi connectivity index (χ2v) is 5.03. The Morgan fingerprint density at radius 2 is 2.27 bits per heavy atom. The molecule has 0 radical (unpaired) electrons. The predicted octanol–water partition coefficient (Wildman–Crippen LogP) is 2.44. The summed E-state index contributed by atoms with van der Waals surface area (Å²) in [5.74, 6) is 1.72. The molecule has 1 heterocycles. The minimum atomic E-state index is 0.473. The van der Waals surface area contributed by atoms with Crippen molar-refractivity contribution in [3.63, 3.8) is 0 Å². The van der Waals surface area contributed by atoms with Gasteiger partial charge in [-0.05, 0) is 38.0 Å². The van der Waals surface area contributed by atoms with Crippen LogP contribution in [0, 0.1) is 5.92 Å². The quantitative estimate of drug-likeness (QED) is 0.705. The van der Waals surface area contributed by atoms with Gasteiger partial charge in [-0.1, -0.05) is 13.3 Å². The zero-order chi connectivity index (χ0) is 11.1. The third-order valence-electron chi connectivity index (χ3n) is 3.19. The van der Waals surface area contributed by atoms with Gasteiger partial charge >= 0.3 is 0 Å². The van der Waals surface area contributed by atoms with Crippen LogP contribution in [0.15, 0.2) is 0 Å². The molecule has 90 valence electrons. The van der Waals surface area contributed by atoms with Gasteiger partial charge in [0.15, 0.2) is 0 Å². The molecule has 3 heteroatoms. The number of nitrogens with zero attached hydrogens (tertiary/aromatic N) is 1. The van der Waals surface area contributed by atoms with Gasteiger partial charge in [0.1, 0.15) is 0 Å². The van der Waals surface area contributed by atoms with Crippen molar-refractivity contribution in [3.8, 4) is 0 Å². The first-order valence-corrected chi connectivity index (χ1v) is 6.80. The van der Waals surface area contributed by atoms with E-state index in [0.29, 0.717) is 6.10 Å². The molecule has 15 heavy (non-hydrogen) atoms. The second kappa shape index (κ2) is 7.53. The lowest BCUT2D eigenvalue weighted by molar-refractivity contribution is -0.00310. The molecule has 2 unspecified atom stereocenters. The summed E-state index contributed by atoms with van der Waals surface area (Å²) in [6.45, 7) is 5.44. The molecule has 0 aliphatic carbocycles. The van der Waals surface area contributed by atoms with Gasteiger partial charge in [0, 0.05) is 19.7 Å². The van der Waals surface area contributed by atoms with Gasteiger partial charge in [-0.15, -0.1) is 0 Å². The molecule has 2 nitrogen and oxygen atoms in total. The van der Waals surface area contributed by atoms with Crippen molar-refractivity contribution in [2.45, 2.75) is 38.7 Å². The highest BCUT2D eigenvalue weighted by Crippen LogP contribution is 2.14. The first-order valence-electron chi connectivity index (χ1n) is 6.17. The molecule has 0 amide bonds. The molecule has 2 atom stereocenters. The third-order valence-corrected chi connectivity index (χ3v) is 3.71. The largest absolute Gasteiger partial charge is 0.377 e. The van der Waals surface area contributed by atoms with E-state index in [2.05, 4.69) is 31.5 Å². The van der Waals surface area contributed by atoms with E-state index < -0.39 is 0 Å². The van der Waals surface area contributed by atoms with E-state index >= 15 is 0 Å². The number of hydrogen-bond acceptors (Lipinski definition) is 3. The van der Waals surface area contributed by atoms with Crippen LogP contribution in [0.5, 0.6) is 0 Å². The zero-order valence-corrected chi connectivity index (χ0v) is 11.0. The van der Waals surface area contributed by atoms with Crippen LogP contribution < -0.4 is 0 Å². The summed E-state index contributed by atoms with van der Waals surface area (Å²) >= 11 is 4.38. The first kappa shape index (κ1) is 13.3. The van der Waals surface area contributed by atoms with Crippen LogP contribution in [-0.4, -0.2) is 43.5 Å². The van der Waals surface area contributed by atoms with Crippen LogP contribution >= 0.6 is 12.6 Å². The lowest BCUT2D eigenvalue weighted by Gasteiger charge is -2.29. The second-order valence-electron chi connectivity index (χ2n) is 4.67. The van der Waals surface area contributed by atoms with Crippen LogP contribution in [0.25, 0.3) is 0 Å². The Balaban J connectivity index is 2.18. The summed E-state index contributed by atoms with van der Waals surface area (Å²) in [6, 6.07) is 0. The van der Waals surface area contributed by atoms with Crippen molar-refractivity contribution in [3.05, 3.63) is 0 Å². The summed E-state index contributed by atoms with van der Waals surface area (Å²) in [7, 11) is 2.20. The highest BCUT2D eigenvalue weighted by molar-refractivity contribution is 7.80. The molecular formula is C12H25NOS. The first-order chi connectivity index (χ1) is 7.26. The van der Waals surface area contributed by atoms with Crippen LogP contribution in [0.3, 0.4) is 0 Å². The SMILES string of the molecule is CCC(CS)CN(C)CC1CCCCO1. The summed E-state index contributed by atoms with van der Waals surface area (Å²) in [5, 5.41) is 0. The molecule has 0 bridgehead atoms. The van der Waals surface area contributed by atoms with Crippen molar-refractivity contribution in [2.24, 2.45) is 5.92 Å². The fourth-order valence-electron chi connectivity index (χ4n) is 2.13. The fraction of sp³-hybridized carbons (Fsp3) is 1.00. The van der Waals surface area contributed by atoms with E-state index in [0.717, 1.165) is 31.4 Å². The minimum absolute atomic E-state index is 0.473. The lowest BCUT2D eigenvalue weighted by Crippen LogP contribution is -2.36. The van der Waals surface area contributed by atoms with Gasteiger partial charge in [-0.3, -0.25) is 0 Å². The van der Waals surface area contributed by atoms with Crippen molar-refractivity contribution in [2.75, 3.05) is 32.5 Å². The molecular weight excluding hydrogens is 206 g/mol. The predicted molar refractivity (Wildman–Crippen MR) is 68.7 cm³/mol. The van der Waals surface area contributed by atoms with Gasteiger partial charge in [0.2, 0.25) is 0 Å². The molecule has 1 aliphatic heterocycles. The molecule has 0 aromatic carbocycles. The maximum atomic E-state index is 5.74.